The van der Waals surface area contributed by atoms with Crippen molar-refractivity contribution in [3.8, 4) is 0 Å². The molecular formula is C13H18ClNO2S. The van der Waals surface area contributed by atoms with Gasteiger partial charge in [-0.15, -0.1) is 0 Å². The summed E-state index contributed by atoms with van der Waals surface area (Å²) in [7, 11) is -1.23. The van der Waals surface area contributed by atoms with Crippen LogP contribution in [-0.2, 0) is 21.3 Å². The first kappa shape index (κ1) is 15.2. The number of hydrogen-bond donors (Lipinski definition) is 1. The van der Waals surface area contributed by atoms with Gasteiger partial charge in [0.2, 0.25) is 5.91 Å². The van der Waals surface area contributed by atoms with E-state index in [0.717, 1.165) is 12.0 Å². The first-order valence-corrected chi connectivity index (χ1v) is 7.70. The van der Waals surface area contributed by atoms with E-state index in [1.54, 1.807) is 19.1 Å². The highest BCUT2D eigenvalue weighted by Crippen LogP contribution is 2.13. The monoisotopic (exact) mass is 287 g/mol. The molecule has 1 aromatic carbocycles. The van der Waals surface area contributed by atoms with Crippen molar-refractivity contribution in [1.82, 2.24) is 5.32 Å². The SMILES string of the molecule is CCCNC(=O)[C@@H](C)[S@@](=O)Cc1cccc(Cl)c1. The Morgan fingerprint density at radius 3 is 2.83 bits per heavy atom. The van der Waals surface area contributed by atoms with E-state index in [4.69, 9.17) is 11.6 Å². The zero-order chi connectivity index (χ0) is 13.5. The molecule has 100 valence electrons. The third-order valence-electron chi connectivity index (χ3n) is 2.51. The Balaban J connectivity index is 2.57. The van der Waals surface area contributed by atoms with E-state index in [9.17, 15) is 9.00 Å². The average Bonchev–Trinajstić information content (AvgIpc) is 2.35. The predicted octanol–water partition coefficient (Wildman–Crippen LogP) is 2.50. The minimum atomic E-state index is -1.23. The van der Waals surface area contributed by atoms with Crippen molar-refractivity contribution >= 4 is 28.3 Å². The molecule has 0 saturated heterocycles. The molecule has 2 atom stereocenters. The quantitative estimate of drug-likeness (QED) is 0.874. The Hall–Kier alpha value is -0.870. The van der Waals surface area contributed by atoms with E-state index in [0.29, 0.717) is 17.3 Å². The van der Waals surface area contributed by atoms with E-state index < -0.39 is 16.0 Å². The van der Waals surface area contributed by atoms with Gasteiger partial charge in [0.1, 0.15) is 5.25 Å². The molecular weight excluding hydrogens is 270 g/mol. The fourth-order valence-corrected chi connectivity index (χ4v) is 2.72. The Labute approximate surface area is 115 Å². The van der Waals surface area contributed by atoms with Gasteiger partial charge in [-0.1, -0.05) is 30.7 Å². The van der Waals surface area contributed by atoms with Gasteiger partial charge in [0, 0.05) is 28.1 Å². The third kappa shape index (κ3) is 4.78. The summed E-state index contributed by atoms with van der Waals surface area (Å²) in [5.74, 6) is 0.193. The molecule has 3 nitrogen and oxygen atoms in total. The number of rotatable bonds is 6. The van der Waals surface area contributed by atoms with Gasteiger partial charge >= 0.3 is 0 Å². The maximum absolute atomic E-state index is 12.0. The van der Waals surface area contributed by atoms with Crippen molar-refractivity contribution in [2.24, 2.45) is 0 Å². The van der Waals surface area contributed by atoms with Gasteiger partial charge in [-0.25, -0.2) is 0 Å². The van der Waals surface area contributed by atoms with Gasteiger partial charge in [-0.2, -0.15) is 0 Å². The molecule has 0 bridgehead atoms. The maximum atomic E-state index is 12.0. The predicted molar refractivity (Wildman–Crippen MR) is 76.1 cm³/mol. The van der Waals surface area contributed by atoms with Gasteiger partial charge in [-0.3, -0.25) is 9.00 Å². The van der Waals surface area contributed by atoms with E-state index in [-0.39, 0.29) is 5.91 Å². The van der Waals surface area contributed by atoms with Crippen LogP contribution in [0.5, 0.6) is 0 Å². The smallest absolute Gasteiger partial charge is 0.235 e. The summed E-state index contributed by atoms with van der Waals surface area (Å²) >= 11 is 5.86. The van der Waals surface area contributed by atoms with Crippen LogP contribution in [0.2, 0.25) is 5.02 Å². The van der Waals surface area contributed by atoms with Crippen molar-refractivity contribution in [3.05, 3.63) is 34.9 Å². The van der Waals surface area contributed by atoms with Crippen LogP contribution in [0.1, 0.15) is 25.8 Å². The molecule has 0 aliphatic rings. The summed E-state index contributed by atoms with van der Waals surface area (Å²) in [6.45, 7) is 4.29. The molecule has 0 saturated carbocycles. The van der Waals surface area contributed by atoms with Gasteiger partial charge in [-0.05, 0) is 31.0 Å². The van der Waals surface area contributed by atoms with E-state index in [1.807, 2.05) is 19.1 Å². The van der Waals surface area contributed by atoms with Crippen LogP contribution in [0.25, 0.3) is 0 Å². The topological polar surface area (TPSA) is 46.2 Å². The van der Waals surface area contributed by atoms with Crippen molar-refractivity contribution in [2.75, 3.05) is 6.54 Å². The van der Waals surface area contributed by atoms with Crippen molar-refractivity contribution in [1.29, 1.82) is 0 Å². The summed E-state index contributed by atoms with van der Waals surface area (Å²) in [5.41, 5.74) is 0.885. The highest BCUT2D eigenvalue weighted by molar-refractivity contribution is 7.85. The van der Waals surface area contributed by atoms with Gasteiger partial charge in [0.15, 0.2) is 0 Å². The lowest BCUT2D eigenvalue weighted by Gasteiger charge is -2.11. The summed E-state index contributed by atoms with van der Waals surface area (Å²) < 4.78 is 12.0. The second kappa shape index (κ2) is 7.54. The molecule has 0 fully saturated rings. The van der Waals surface area contributed by atoms with Crippen LogP contribution < -0.4 is 5.32 Å². The fourth-order valence-electron chi connectivity index (χ4n) is 1.43. The lowest BCUT2D eigenvalue weighted by Crippen LogP contribution is -2.36. The van der Waals surface area contributed by atoms with Gasteiger partial charge < -0.3 is 5.32 Å². The number of halogens is 1. The number of carbonyl (C=O) groups is 1. The average molecular weight is 288 g/mol. The maximum Gasteiger partial charge on any atom is 0.235 e. The second-order valence-electron chi connectivity index (χ2n) is 4.09. The zero-order valence-electron chi connectivity index (χ0n) is 10.6. The molecule has 5 heteroatoms. The van der Waals surface area contributed by atoms with Crippen LogP contribution in [0.15, 0.2) is 24.3 Å². The number of benzene rings is 1. The van der Waals surface area contributed by atoms with E-state index >= 15 is 0 Å². The summed E-state index contributed by atoms with van der Waals surface area (Å²) in [5, 5.41) is 2.87. The standard InChI is InChI=1S/C13H18ClNO2S/c1-3-7-15-13(16)10(2)18(17)9-11-5-4-6-12(14)8-11/h4-6,8,10H,3,7,9H2,1-2H3,(H,15,16)/t10-,18+/m1/s1. The van der Waals surface area contributed by atoms with Crippen molar-refractivity contribution in [2.45, 2.75) is 31.3 Å². The molecule has 1 aromatic rings. The molecule has 1 amide bonds. The van der Waals surface area contributed by atoms with Gasteiger partial charge in [0.25, 0.3) is 0 Å². The number of amides is 1. The highest BCUT2D eigenvalue weighted by Gasteiger charge is 2.19. The fraction of sp³-hybridized carbons (Fsp3) is 0.462. The molecule has 0 unspecified atom stereocenters. The van der Waals surface area contributed by atoms with Crippen LogP contribution in [0.3, 0.4) is 0 Å². The third-order valence-corrected chi connectivity index (χ3v) is 4.37. The Morgan fingerprint density at radius 2 is 2.22 bits per heavy atom. The van der Waals surface area contributed by atoms with Crippen molar-refractivity contribution < 1.29 is 9.00 Å². The molecule has 0 aliphatic carbocycles. The molecule has 0 heterocycles. The highest BCUT2D eigenvalue weighted by atomic mass is 35.5. The van der Waals surface area contributed by atoms with E-state index in [2.05, 4.69) is 5.32 Å². The normalized spacial score (nSPS) is 13.9. The minimum absolute atomic E-state index is 0.155. The Kier molecular flexibility index (Phi) is 6.36. The van der Waals surface area contributed by atoms with Crippen LogP contribution >= 0.6 is 11.6 Å². The summed E-state index contributed by atoms with van der Waals surface area (Å²) in [6, 6.07) is 7.22. The number of carbonyl (C=O) groups excluding carboxylic acids is 1. The largest absolute Gasteiger partial charge is 0.355 e. The molecule has 1 rings (SSSR count). The summed E-state index contributed by atoms with van der Waals surface area (Å²) in [4.78, 5) is 11.7. The number of nitrogens with one attached hydrogen (secondary N) is 1. The molecule has 0 aromatic heterocycles. The molecule has 1 N–H and O–H groups in total. The molecule has 0 radical (unpaired) electrons. The van der Waals surface area contributed by atoms with Crippen LogP contribution in [-0.4, -0.2) is 21.9 Å². The van der Waals surface area contributed by atoms with Crippen LogP contribution in [0, 0.1) is 0 Å². The molecule has 18 heavy (non-hydrogen) atoms. The zero-order valence-corrected chi connectivity index (χ0v) is 12.2. The molecule has 0 aliphatic heterocycles. The first-order chi connectivity index (χ1) is 8.54. The Morgan fingerprint density at radius 1 is 1.50 bits per heavy atom. The minimum Gasteiger partial charge on any atom is -0.355 e. The molecule has 0 spiro atoms. The van der Waals surface area contributed by atoms with Crippen molar-refractivity contribution in [3.63, 3.8) is 0 Å². The number of hydrogen-bond acceptors (Lipinski definition) is 2. The van der Waals surface area contributed by atoms with Gasteiger partial charge in [0.05, 0.1) is 0 Å². The van der Waals surface area contributed by atoms with Crippen LogP contribution in [0.4, 0.5) is 0 Å². The second-order valence-corrected chi connectivity index (χ2v) is 6.28. The first-order valence-electron chi connectivity index (χ1n) is 5.94. The summed E-state index contributed by atoms with van der Waals surface area (Å²) in [6.07, 6.45) is 0.874. The Bertz CT molecular complexity index is 437. The lowest BCUT2D eigenvalue weighted by molar-refractivity contribution is -0.120. The van der Waals surface area contributed by atoms with E-state index in [1.165, 1.54) is 0 Å². The lowest BCUT2D eigenvalue weighted by atomic mass is 10.2.